The highest BCUT2D eigenvalue weighted by molar-refractivity contribution is 5.87. The van der Waals surface area contributed by atoms with E-state index in [0.717, 1.165) is 36.3 Å². The summed E-state index contributed by atoms with van der Waals surface area (Å²) in [6.45, 7) is 4.30. The number of esters is 1. The Kier molecular flexibility index (Phi) is 5.19. The molecule has 7 heteroatoms. The van der Waals surface area contributed by atoms with Gasteiger partial charge in [0.2, 0.25) is 5.88 Å². The second-order valence-corrected chi connectivity index (χ2v) is 5.04. The minimum absolute atomic E-state index is 0.312. The van der Waals surface area contributed by atoms with Gasteiger partial charge in [-0.15, -0.1) is 5.10 Å². The van der Waals surface area contributed by atoms with Gasteiger partial charge in [-0.05, 0) is 19.8 Å². The van der Waals surface area contributed by atoms with Crippen LogP contribution in [0.2, 0.25) is 0 Å². The van der Waals surface area contributed by atoms with E-state index in [1.807, 2.05) is 6.92 Å². The smallest absolute Gasteiger partial charge is 0.356 e. The van der Waals surface area contributed by atoms with Gasteiger partial charge in [-0.25, -0.2) is 4.79 Å². The van der Waals surface area contributed by atoms with Gasteiger partial charge in [-0.3, -0.25) is 4.68 Å². The first-order valence-electron chi connectivity index (χ1n) is 7.26. The summed E-state index contributed by atoms with van der Waals surface area (Å²) in [5.41, 5.74) is 2.20. The number of carbonyl (C=O) groups is 1. The van der Waals surface area contributed by atoms with Crippen molar-refractivity contribution in [3.05, 3.63) is 28.8 Å². The van der Waals surface area contributed by atoms with E-state index in [0.29, 0.717) is 18.2 Å². The van der Waals surface area contributed by atoms with Crippen LogP contribution in [0.25, 0.3) is 0 Å². The molecule has 0 atom stereocenters. The SMILES string of the molecule is CCCCc1noc(C)c1COc1cc(C(=O)OC)n(C)n1. The number of unbranched alkanes of at least 4 members (excludes halogenated alkanes) is 1. The van der Waals surface area contributed by atoms with Crippen molar-refractivity contribution in [1.82, 2.24) is 14.9 Å². The molecule has 0 saturated carbocycles. The van der Waals surface area contributed by atoms with Gasteiger partial charge in [-0.2, -0.15) is 0 Å². The summed E-state index contributed by atoms with van der Waals surface area (Å²) in [6, 6.07) is 1.56. The van der Waals surface area contributed by atoms with Crippen molar-refractivity contribution in [1.29, 1.82) is 0 Å². The van der Waals surface area contributed by atoms with E-state index in [2.05, 4.69) is 21.9 Å². The first kappa shape index (κ1) is 16.1. The van der Waals surface area contributed by atoms with Gasteiger partial charge >= 0.3 is 5.97 Å². The maximum atomic E-state index is 11.5. The van der Waals surface area contributed by atoms with Crippen LogP contribution in [0.5, 0.6) is 5.88 Å². The first-order chi connectivity index (χ1) is 10.6. The Labute approximate surface area is 129 Å². The topological polar surface area (TPSA) is 79.4 Å². The lowest BCUT2D eigenvalue weighted by atomic mass is 10.1. The van der Waals surface area contributed by atoms with Crippen molar-refractivity contribution < 1.29 is 18.8 Å². The van der Waals surface area contributed by atoms with Crippen LogP contribution in [-0.4, -0.2) is 28.0 Å². The molecule has 0 amide bonds. The van der Waals surface area contributed by atoms with Crippen LogP contribution in [0, 0.1) is 6.92 Å². The van der Waals surface area contributed by atoms with Crippen LogP contribution in [0.1, 0.15) is 47.3 Å². The summed E-state index contributed by atoms with van der Waals surface area (Å²) in [4.78, 5) is 11.5. The predicted octanol–water partition coefficient (Wildman–Crippen LogP) is 2.42. The Balaban J connectivity index is 2.07. The van der Waals surface area contributed by atoms with E-state index in [4.69, 9.17) is 9.26 Å². The molecule has 0 fully saturated rings. The summed E-state index contributed by atoms with van der Waals surface area (Å²) in [7, 11) is 2.99. The third-order valence-corrected chi connectivity index (χ3v) is 3.45. The number of aromatic nitrogens is 3. The van der Waals surface area contributed by atoms with Gasteiger partial charge in [0, 0.05) is 13.1 Å². The van der Waals surface area contributed by atoms with E-state index in [1.165, 1.54) is 11.8 Å². The van der Waals surface area contributed by atoms with Crippen molar-refractivity contribution in [2.75, 3.05) is 7.11 Å². The lowest BCUT2D eigenvalue weighted by Crippen LogP contribution is -2.07. The molecule has 0 aliphatic rings. The number of hydrogen-bond acceptors (Lipinski definition) is 6. The van der Waals surface area contributed by atoms with E-state index < -0.39 is 5.97 Å². The third-order valence-electron chi connectivity index (χ3n) is 3.45. The Morgan fingerprint density at radius 2 is 2.23 bits per heavy atom. The number of ether oxygens (including phenoxy) is 2. The van der Waals surface area contributed by atoms with Gasteiger partial charge in [0.1, 0.15) is 18.1 Å². The lowest BCUT2D eigenvalue weighted by Gasteiger charge is -2.03. The molecule has 0 aliphatic heterocycles. The van der Waals surface area contributed by atoms with Crippen LogP contribution >= 0.6 is 0 Å². The molecular formula is C15H21N3O4. The molecule has 2 aromatic heterocycles. The average Bonchev–Trinajstić information content (AvgIpc) is 3.05. The third kappa shape index (κ3) is 3.47. The van der Waals surface area contributed by atoms with Crippen molar-refractivity contribution in [2.24, 2.45) is 7.05 Å². The number of carbonyl (C=O) groups excluding carboxylic acids is 1. The second kappa shape index (κ2) is 7.11. The highest BCUT2D eigenvalue weighted by Crippen LogP contribution is 2.19. The fourth-order valence-electron chi connectivity index (χ4n) is 2.12. The molecule has 0 aromatic carbocycles. The predicted molar refractivity (Wildman–Crippen MR) is 78.7 cm³/mol. The fraction of sp³-hybridized carbons (Fsp3) is 0.533. The highest BCUT2D eigenvalue weighted by atomic mass is 16.5. The molecule has 0 unspecified atom stereocenters. The Morgan fingerprint density at radius 1 is 1.45 bits per heavy atom. The summed E-state index contributed by atoms with van der Waals surface area (Å²) in [6.07, 6.45) is 3.01. The molecule has 0 bridgehead atoms. The number of rotatable bonds is 7. The summed E-state index contributed by atoms with van der Waals surface area (Å²) < 4.78 is 17.0. The minimum Gasteiger partial charge on any atom is -0.472 e. The van der Waals surface area contributed by atoms with E-state index in [-0.39, 0.29) is 0 Å². The molecule has 2 aromatic rings. The Bertz CT molecular complexity index is 645. The molecule has 0 saturated heterocycles. The largest absolute Gasteiger partial charge is 0.472 e. The number of nitrogens with zero attached hydrogens (tertiary/aromatic N) is 3. The Hall–Kier alpha value is -2.31. The summed E-state index contributed by atoms with van der Waals surface area (Å²) >= 11 is 0. The quantitative estimate of drug-likeness (QED) is 0.731. The van der Waals surface area contributed by atoms with E-state index >= 15 is 0 Å². The maximum absolute atomic E-state index is 11.5. The normalized spacial score (nSPS) is 10.7. The highest BCUT2D eigenvalue weighted by Gasteiger charge is 2.17. The number of methoxy groups -OCH3 is 1. The van der Waals surface area contributed by atoms with Gasteiger partial charge in [-0.1, -0.05) is 18.5 Å². The van der Waals surface area contributed by atoms with Gasteiger partial charge in [0.15, 0.2) is 0 Å². The van der Waals surface area contributed by atoms with Crippen LogP contribution in [0.4, 0.5) is 0 Å². The molecule has 0 N–H and O–H groups in total. The van der Waals surface area contributed by atoms with E-state index in [9.17, 15) is 4.79 Å². The standard InChI is InChI=1S/C15H21N3O4/c1-5-6-7-12-11(10(2)22-17-12)9-21-14-8-13(15(19)20-4)18(3)16-14/h8H,5-7,9H2,1-4H3. The van der Waals surface area contributed by atoms with Gasteiger partial charge < -0.3 is 14.0 Å². The molecular weight excluding hydrogens is 286 g/mol. The summed E-state index contributed by atoms with van der Waals surface area (Å²) in [5.74, 6) is 0.662. The Morgan fingerprint density at radius 3 is 2.91 bits per heavy atom. The average molecular weight is 307 g/mol. The molecule has 0 radical (unpaired) electrons. The molecule has 7 nitrogen and oxygen atoms in total. The summed E-state index contributed by atoms with van der Waals surface area (Å²) in [5, 5.41) is 8.22. The van der Waals surface area contributed by atoms with E-state index in [1.54, 1.807) is 13.1 Å². The van der Waals surface area contributed by atoms with Crippen molar-refractivity contribution in [2.45, 2.75) is 39.7 Å². The minimum atomic E-state index is -0.449. The number of hydrogen-bond donors (Lipinski definition) is 0. The van der Waals surface area contributed by atoms with Gasteiger partial charge in [0.05, 0.1) is 18.4 Å². The number of aryl methyl sites for hydroxylation is 3. The first-order valence-corrected chi connectivity index (χ1v) is 7.26. The van der Waals surface area contributed by atoms with Crippen LogP contribution < -0.4 is 4.74 Å². The van der Waals surface area contributed by atoms with Crippen molar-refractivity contribution >= 4 is 5.97 Å². The molecule has 0 spiro atoms. The zero-order chi connectivity index (χ0) is 16.1. The van der Waals surface area contributed by atoms with Crippen molar-refractivity contribution in [3.8, 4) is 5.88 Å². The molecule has 2 heterocycles. The molecule has 120 valence electrons. The lowest BCUT2D eigenvalue weighted by molar-refractivity contribution is 0.0588. The maximum Gasteiger partial charge on any atom is 0.356 e. The van der Waals surface area contributed by atoms with Crippen molar-refractivity contribution in [3.63, 3.8) is 0 Å². The fourth-order valence-corrected chi connectivity index (χ4v) is 2.12. The van der Waals surface area contributed by atoms with Crippen LogP contribution in [0.15, 0.2) is 10.6 Å². The molecule has 2 rings (SSSR count). The zero-order valence-corrected chi connectivity index (χ0v) is 13.4. The molecule has 0 aliphatic carbocycles. The van der Waals surface area contributed by atoms with Crippen LogP contribution in [0.3, 0.4) is 0 Å². The second-order valence-electron chi connectivity index (χ2n) is 5.04. The monoisotopic (exact) mass is 307 g/mol. The van der Waals surface area contributed by atoms with Crippen LogP contribution in [-0.2, 0) is 24.8 Å². The zero-order valence-electron chi connectivity index (χ0n) is 13.4. The van der Waals surface area contributed by atoms with Gasteiger partial charge in [0.25, 0.3) is 0 Å². The molecule has 22 heavy (non-hydrogen) atoms.